The number of methoxy groups -OCH3 is 1. The van der Waals surface area contributed by atoms with Crippen molar-refractivity contribution in [3.8, 4) is 5.75 Å². The summed E-state index contributed by atoms with van der Waals surface area (Å²) in [4.78, 5) is 26.9. The molecule has 1 N–H and O–H groups in total. The van der Waals surface area contributed by atoms with Crippen LogP contribution in [0.2, 0.25) is 5.02 Å². The fourth-order valence-corrected chi connectivity index (χ4v) is 2.93. The molecular formula is C21H25ClN2O3. The molecule has 0 saturated carbocycles. The van der Waals surface area contributed by atoms with E-state index in [1.165, 1.54) is 0 Å². The highest BCUT2D eigenvalue weighted by molar-refractivity contribution is 6.31. The average molecular weight is 389 g/mol. The highest BCUT2D eigenvalue weighted by Gasteiger charge is 2.26. The monoisotopic (exact) mass is 388 g/mol. The lowest BCUT2D eigenvalue weighted by Gasteiger charge is -2.29. The van der Waals surface area contributed by atoms with Crippen molar-refractivity contribution in [3.05, 3.63) is 64.7 Å². The van der Waals surface area contributed by atoms with E-state index >= 15 is 0 Å². The van der Waals surface area contributed by atoms with Crippen molar-refractivity contribution in [2.75, 3.05) is 13.7 Å². The summed E-state index contributed by atoms with van der Waals surface area (Å²) in [7, 11) is 1.60. The first-order chi connectivity index (χ1) is 13.0. The average Bonchev–Trinajstić information content (AvgIpc) is 2.67. The predicted octanol–water partition coefficient (Wildman–Crippen LogP) is 3.44. The summed E-state index contributed by atoms with van der Waals surface area (Å²) in [5, 5.41) is 3.35. The molecule has 0 saturated heterocycles. The molecule has 144 valence electrons. The van der Waals surface area contributed by atoms with E-state index in [-0.39, 0.29) is 24.8 Å². The molecule has 0 radical (unpaired) electrons. The highest BCUT2D eigenvalue weighted by atomic mass is 35.5. The van der Waals surface area contributed by atoms with E-state index in [2.05, 4.69) is 5.32 Å². The fraction of sp³-hybridized carbons (Fsp3) is 0.333. The zero-order valence-electron chi connectivity index (χ0n) is 15.9. The summed E-state index contributed by atoms with van der Waals surface area (Å²) in [6.45, 7) is 4.36. The van der Waals surface area contributed by atoms with Gasteiger partial charge in [0.25, 0.3) is 0 Å². The first kappa shape index (κ1) is 20.8. The molecule has 0 aromatic heterocycles. The molecule has 0 aliphatic carbocycles. The number of halogens is 1. The molecule has 27 heavy (non-hydrogen) atoms. The van der Waals surface area contributed by atoms with Gasteiger partial charge >= 0.3 is 0 Å². The molecule has 6 heteroatoms. The van der Waals surface area contributed by atoms with E-state index in [4.69, 9.17) is 16.3 Å². The van der Waals surface area contributed by atoms with Gasteiger partial charge in [0, 0.05) is 18.1 Å². The smallest absolute Gasteiger partial charge is 0.242 e. The van der Waals surface area contributed by atoms with E-state index in [0.29, 0.717) is 11.6 Å². The van der Waals surface area contributed by atoms with Gasteiger partial charge in [-0.2, -0.15) is 0 Å². The Balaban J connectivity index is 2.22. The van der Waals surface area contributed by atoms with Crippen LogP contribution in [0.25, 0.3) is 0 Å². The molecule has 0 bridgehead atoms. The minimum Gasteiger partial charge on any atom is -0.497 e. The van der Waals surface area contributed by atoms with E-state index in [1.807, 2.05) is 49.4 Å². The molecule has 5 nitrogen and oxygen atoms in total. The zero-order valence-corrected chi connectivity index (χ0v) is 16.6. The molecule has 0 spiro atoms. The Morgan fingerprint density at radius 2 is 1.81 bits per heavy atom. The van der Waals surface area contributed by atoms with Crippen LogP contribution in [0.3, 0.4) is 0 Å². The number of likely N-dealkylation sites (N-methyl/N-ethyl adjacent to an activating group) is 1. The van der Waals surface area contributed by atoms with Crippen LogP contribution >= 0.6 is 11.6 Å². The normalized spacial score (nSPS) is 11.6. The Morgan fingerprint density at radius 3 is 2.41 bits per heavy atom. The molecule has 0 aliphatic rings. The van der Waals surface area contributed by atoms with Crippen LogP contribution in [0.5, 0.6) is 5.75 Å². The van der Waals surface area contributed by atoms with Crippen LogP contribution in [0.1, 0.15) is 25.0 Å². The molecule has 2 rings (SSSR count). The summed E-state index contributed by atoms with van der Waals surface area (Å²) in [6.07, 6.45) is 0.193. The standard InChI is InChI=1S/C21H25ClN2O3/c1-4-23-21(26)15(2)24(14-17-7-5-6-8-19(17)22)20(25)13-16-9-11-18(27-3)12-10-16/h5-12,15H,4,13-14H2,1-3H3,(H,23,26)/t15-/m1/s1. The van der Waals surface area contributed by atoms with Gasteiger partial charge in [-0.15, -0.1) is 0 Å². The number of rotatable bonds is 8. The molecule has 1 atom stereocenters. The van der Waals surface area contributed by atoms with Crippen molar-refractivity contribution in [1.29, 1.82) is 0 Å². The number of amides is 2. The largest absolute Gasteiger partial charge is 0.497 e. The van der Waals surface area contributed by atoms with Gasteiger partial charge in [0.2, 0.25) is 11.8 Å². The molecule has 0 fully saturated rings. The summed E-state index contributed by atoms with van der Waals surface area (Å²) in [5.74, 6) is 0.404. The van der Waals surface area contributed by atoms with Crippen LogP contribution in [0.15, 0.2) is 48.5 Å². The lowest BCUT2D eigenvalue weighted by atomic mass is 10.1. The molecule has 0 aliphatic heterocycles. The maximum absolute atomic E-state index is 13.0. The third kappa shape index (κ3) is 5.73. The second-order valence-corrected chi connectivity index (χ2v) is 6.62. The molecule has 0 heterocycles. The van der Waals surface area contributed by atoms with Crippen LogP contribution < -0.4 is 10.1 Å². The maximum Gasteiger partial charge on any atom is 0.242 e. The van der Waals surface area contributed by atoms with Crippen LogP contribution in [-0.2, 0) is 22.6 Å². The first-order valence-electron chi connectivity index (χ1n) is 8.89. The van der Waals surface area contributed by atoms with Gasteiger partial charge in [-0.25, -0.2) is 0 Å². The zero-order chi connectivity index (χ0) is 19.8. The van der Waals surface area contributed by atoms with Crippen LogP contribution in [0, 0.1) is 0 Å². The molecular weight excluding hydrogens is 364 g/mol. The highest BCUT2D eigenvalue weighted by Crippen LogP contribution is 2.20. The van der Waals surface area contributed by atoms with Crippen molar-refractivity contribution in [3.63, 3.8) is 0 Å². The van der Waals surface area contributed by atoms with Crippen LogP contribution in [-0.4, -0.2) is 36.4 Å². The lowest BCUT2D eigenvalue weighted by molar-refractivity contribution is -0.140. The molecule has 2 aromatic carbocycles. The summed E-state index contributed by atoms with van der Waals surface area (Å²) < 4.78 is 5.15. The van der Waals surface area contributed by atoms with E-state index < -0.39 is 6.04 Å². The number of hydrogen-bond acceptors (Lipinski definition) is 3. The van der Waals surface area contributed by atoms with Gasteiger partial charge in [0.15, 0.2) is 0 Å². The Bertz CT molecular complexity index is 777. The van der Waals surface area contributed by atoms with Gasteiger partial charge in [0.1, 0.15) is 11.8 Å². The number of carbonyl (C=O) groups is 2. The minimum absolute atomic E-state index is 0.140. The Labute approximate surface area is 165 Å². The second kappa shape index (κ2) is 9.97. The topological polar surface area (TPSA) is 58.6 Å². The summed E-state index contributed by atoms with van der Waals surface area (Å²) in [6, 6.07) is 14.1. The summed E-state index contributed by atoms with van der Waals surface area (Å²) in [5.41, 5.74) is 1.66. The molecule has 2 aromatic rings. The lowest BCUT2D eigenvalue weighted by Crippen LogP contribution is -2.48. The van der Waals surface area contributed by atoms with Crippen molar-refractivity contribution in [1.82, 2.24) is 10.2 Å². The van der Waals surface area contributed by atoms with Gasteiger partial charge in [-0.05, 0) is 43.2 Å². The van der Waals surface area contributed by atoms with Crippen LogP contribution in [0.4, 0.5) is 0 Å². The predicted molar refractivity (Wildman–Crippen MR) is 107 cm³/mol. The Morgan fingerprint density at radius 1 is 1.15 bits per heavy atom. The van der Waals surface area contributed by atoms with Crippen molar-refractivity contribution in [2.24, 2.45) is 0 Å². The number of nitrogens with one attached hydrogen (secondary N) is 1. The maximum atomic E-state index is 13.0. The number of carbonyl (C=O) groups excluding carboxylic acids is 2. The second-order valence-electron chi connectivity index (χ2n) is 6.21. The van der Waals surface area contributed by atoms with Gasteiger partial charge in [-0.3, -0.25) is 9.59 Å². The van der Waals surface area contributed by atoms with Crippen molar-refractivity contribution >= 4 is 23.4 Å². The first-order valence-corrected chi connectivity index (χ1v) is 9.27. The number of benzene rings is 2. The van der Waals surface area contributed by atoms with Gasteiger partial charge < -0.3 is 15.0 Å². The Kier molecular flexibility index (Phi) is 7.67. The number of nitrogens with zero attached hydrogens (tertiary/aromatic N) is 1. The number of ether oxygens (including phenoxy) is 1. The van der Waals surface area contributed by atoms with E-state index in [1.54, 1.807) is 25.0 Å². The Hall–Kier alpha value is -2.53. The fourth-order valence-electron chi connectivity index (χ4n) is 2.73. The van der Waals surface area contributed by atoms with E-state index in [0.717, 1.165) is 16.9 Å². The van der Waals surface area contributed by atoms with E-state index in [9.17, 15) is 9.59 Å². The van der Waals surface area contributed by atoms with Gasteiger partial charge in [0.05, 0.1) is 13.5 Å². The SMILES string of the molecule is CCNC(=O)[C@@H](C)N(Cc1ccccc1Cl)C(=O)Cc1ccc(OC)cc1. The third-order valence-corrected chi connectivity index (χ3v) is 4.70. The minimum atomic E-state index is -0.605. The molecule has 0 unspecified atom stereocenters. The van der Waals surface area contributed by atoms with Crippen molar-refractivity contribution in [2.45, 2.75) is 32.9 Å². The van der Waals surface area contributed by atoms with Crippen molar-refractivity contribution < 1.29 is 14.3 Å². The quantitative estimate of drug-likeness (QED) is 0.753. The third-order valence-electron chi connectivity index (χ3n) is 4.33. The number of hydrogen-bond donors (Lipinski definition) is 1. The molecule has 2 amide bonds. The van der Waals surface area contributed by atoms with Gasteiger partial charge in [-0.1, -0.05) is 41.9 Å². The summed E-state index contributed by atoms with van der Waals surface area (Å²) >= 11 is 6.26.